The number of hydrogen-bond acceptors (Lipinski definition) is 7. The summed E-state index contributed by atoms with van der Waals surface area (Å²) in [5.74, 6) is 0.595. The molecular weight excluding hydrogens is 411 g/mol. The minimum absolute atomic E-state index is 0.298. The number of aliphatic hydroxyl groups excluding tert-OH is 1. The predicted octanol–water partition coefficient (Wildman–Crippen LogP) is 3.41. The van der Waals surface area contributed by atoms with Gasteiger partial charge in [0.15, 0.2) is 11.6 Å². The lowest BCUT2D eigenvalue weighted by molar-refractivity contribution is -0.206. The Morgan fingerprint density at radius 3 is 2.58 bits per heavy atom. The third kappa shape index (κ3) is 3.97. The van der Waals surface area contributed by atoms with Crippen molar-refractivity contribution in [3.63, 3.8) is 0 Å². The lowest BCUT2D eigenvalue weighted by Gasteiger charge is -2.42. The van der Waals surface area contributed by atoms with Crippen molar-refractivity contribution >= 4 is 16.7 Å². The molecule has 0 bridgehead atoms. The van der Waals surface area contributed by atoms with Crippen LogP contribution in [0.5, 0.6) is 0 Å². The molecule has 1 atom stereocenters. The summed E-state index contributed by atoms with van der Waals surface area (Å²) >= 11 is 0. The van der Waals surface area contributed by atoms with Gasteiger partial charge in [-0.2, -0.15) is 13.2 Å². The fourth-order valence-electron chi connectivity index (χ4n) is 4.40. The molecule has 2 aliphatic rings. The second-order valence-corrected chi connectivity index (χ2v) is 8.33. The summed E-state index contributed by atoms with van der Waals surface area (Å²) < 4.78 is 43.1. The summed E-state index contributed by atoms with van der Waals surface area (Å²) in [5, 5.41) is 17.4. The van der Waals surface area contributed by atoms with E-state index in [-0.39, 0.29) is 5.56 Å². The van der Waals surface area contributed by atoms with Crippen molar-refractivity contribution in [3.8, 4) is 11.3 Å². The van der Waals surface area contributed by atoms with Crippen LogP contribution < -0.4 is 4.90 Å². The van der Waals surface area contributed by atoms with E-state index in [0.29, 0.717) is 28.2 Å². The lowest BCUT2D eigenvalue weighted by Crippen LogP contribution is -2.51. The molecular formula is C21H22F3N5O2. The van der Waals surface area contributed by atoms with Gasteiger partial charge >= 0.3 is 6.18 Å². The molecule has 10 heteroatoms. The molecule has 7 nitrogen and oxygen atoms in total. The van der Waals surface area contributed by atoms with Crippen LogP contribution in [0.25, 0.3) is 22.3 Å². The lowest BCUT2D eigenvalue weighted by atomic mass is 9.97. The van der Waals surface area contributed by atoms with Crippen molar-refractivity contribution in [2.24, 2.45) is 5.92 Å². The molecule has 164 valence electrons. The van der Waals surface area contributed by atoms with Crippen LogP contribution in [-0.2, 0) is 0 Å². The Bertz CT molecular complexity index is 1060. The molecule has 0 saturated carbocycles. The van der Waals surface area contributed by atoms with Crippen molar-refractivity contribution in [1.29, 1.82) is 0 Å². The SMILES string of the molecule is OC(c1ccc(-c2cc(N3CC(CN4CCCC4)C3)c3nonc3c2)nc1)C(F)(F)F. The number of alkyl halides is 3. The molecule has 1 aromatic carbocycles. The predicted molar refractivity (Wildman–Crippen MR) is 107 cm³/mol. The number of pyridine rings is 1. The van der Waals surface area contributed by atoms with Crippen LogP contribution in [-0.4, -0.2) is 64.2 Å². The molecule has 0 amide bonds. The van der Waals surface area contributed by atoms with E-state index in [4.69, 9.17) is 4.63 Å². The zero-order chi connectivity index (χ0) is 21.6. The molecule has 3 aromatic rings. The molecule has 2 aromatic heterocycles. The highest BCUT2D eigenvalue weighted by molar-refractivity contribution is 5.92. The number of aromatic nitrogens is 3. The van der Waals surface area contributed by atoms with Gasteiger partial charge in [-0.3, -0.25) is 4.98 Å². The van der Waals surface area contributed by atoms with E-state index in [1.54, 1.807) is 6.07 Å². The van der Waals surface area contributed by atoms with Crippen LogP contribution in [0.15, 0.2) is 35.1 Å². The Labute approximate surface area is 176 Å². The molecule has 0 radical (unpaired) electrons. The van der Waals surface area contributed by atoms with E-state index in [9.17, 15) is 18.3 Å². The number of rotatable bonds is 5. The average Bonchev–Trinajstić information content (AvgIpc) is 3.40. The molecule has 2 fully saturated rings. The van der Waals surface area contributed by atoms with E-state index >= 15 is 0 Å². The molecule has 1 N–H and O–H groups in total. The van der Waals surface area contributed by atoms with E-state index in [2.05, 4.69) is 25.1 Å². The van der Waals surface area contributed by atoms with Crippen LogP contribution in [0.3, 0.4) is 0 Å². The number of halogens is 3. The fourth-order valence-corrected chi connectivity index (χ4v) is 4.40. The van der Waals surface area contributed by atoms with Gasteiger partial charge in [-0.15, -0.1) is 0 Å². The maximum absolute atomic E-state index is 12.7. The molecule has 5 rings (SSSR count). The first-order valence-electron chi connectivity index (χ1n) is 10.3. The number of aliphatic hydroxyl groups is 1. The number of fused-ring (bicyclic) bond motifs is 1. The van der Waals surface area contributed by atoms with Crippen molar-refractivity contribution in [1.82, 2.24) is 20.2 Å². The van der Waals surface area contributed by atoms with E-state index in [1.807, 2.05) is 6.07 Å². The zero-order valence-electron chi connectivity index (χ0n) is 16.7. The minimum Gasteiger partial charge on any atom is -0.379 e. The molecule has 0 spiro atoms. The molecule has 2 aliphatic heterocycles. The second kappa shape index (κ2) is 7.76. The number of nitrogens with zero attached hydrogens (tertiary/aromatic N) is 5. The standard InChI is InChI=1S/C21H22F3N5O2/c22-21(23,24)20(30)14-3-4-16(25-9-14)15-7-17-19(27-31-26-17)18(8-15)29-11-13(12-29)10-28-5-1-2-6-28/h3-4,7-9,13,20,30H,1-2,5-6,10-12H2. The molecule has 0 aliphatic carbocycles. The summed E-state index contributed by atoms with van der Waals surface area (Å²) in [6, 6.07) is 6.37. The van der Waals surface area contributed by atoms with E-state index in [0.717, 1.165) is 31.5 Å². The van der Waals surface area contributed by atoms with E-state index < -0.39 is 12.3 Å². The largest absolute Gasteiger partial charge is 0.418 e. The van der Waals surface area contributed by atoms with Gasteiger partial charge in [-0.05, 0) is 54.4 Å². The number of likely N-dealkylation sites (tertiary alicyclic amines) is 1. The molecule has 31 heavy (non-hydrogen) atoms. The summed E-state index contributed by atoms with van der Waals surface area (Å²) in [6.07, 6.45) is -3.69. The Kier molecular flexibility index (Phi) is 5.05. The van der Waals surface area contributed by atoms with Gasteiger partial charge in [0.25, 0.3) is 0 Å². The first-order chi connectivity index (χ1) is 14.9. The van der Waals surface area contributed by atoms with Gasteiger partial charge in [0, 0.05) is 42.9 Å². The molecule has 4 heterocycles. The Morgan fingerprint density at radius 1 is 1.13 bits per heavy atom. The van der Waals surface area contributed by atoms with Crippen molar-refractivity contribution in [3.05, 3.63) is 36.0 Å². The van der Waals surface area contributed by atoms with Crippen LogP contribution in [0.1, 0.15) is 24.5 Å². The Morgan fingerprint density at radius 2 is 1.90 bits per heavy atom. The Balaban J connectivity index is 1.37. The van der Waals surface area contributed by atoms with Crippen LogP contribution in [0.4, 0.5) is 18.9 Å². The van der Waals surface area contributed by atoms with Crippen molar-refractivity contribution in [2.75, 3.05) is 37.6 Å². The zero-order valence-corrected chi connectivity index (χ0v) is 16.7. The number of benzene rings is 1. The quantitative estimate of drug-likeness (QED) is 0.661. The molecule has 1 unspecified atom stereocenters. The van der Waals surface area contributed by atoms with Gasteiger partial charge in [-0.25, -0.2) is 4.63 Å². The first-order valence-corrected chi connectivity index (χ1v) is 10.3. The number of hydrogen-bond donors (Lipinski definition) is 1. The van der Waals surface area contributed by atoms with Gasteiger partial charge in [0.2, 0.25) is 0 Å². The second-order valence-electron chi connectivity index (χ2n) is 8.33. The summed E-state index contributed by atoms with van der Waals surface area (Å²) in [5.41, 5.74) is 3.00. The first kappa shape index (κ1) is 20.2. The van der Waals surface area contributed by atoms with Gasteiger partial charge in [0.1, 0.15) is 5.52 Å². The fraction of sp³-hybridized carbons (Fsp3) is 0.476. The normalized spacial score (nSPS) is 19.2. The average molecular weight is 433 g/mol. The van der Waals surface area contributed by atoms with Crippen LogP contribution in [0, 0.1) is 5.92 Å². The topological polar surface area (TPSA) is 78.5 Å². The highest BCUT2D eigenvalue weighted by Crippen LogP contribution is 2.36. The van der Waals surface area contributed by atoms with Crippen molar-refractivity contribution in [2.45, 2.75) is 25.1 Å². The summed E-state index contributed by atoms with van der Waals surface area (Å²) in [6.45, 7) is 5.27. The maximum Gasteiger partial charge on any atom is 0.418 e. The monoisotopic (exact) mass is 433 g/mol. The summed E-state index contributed by atoms with van der Waals surface area (Å²) in [7, 11) is 0. The minimum atomic E-state index is -4.73. The van der Waals surface area contributed by atoms with Gasteiger partial charge in [-0.1, -0.05) is 6.07 Å². The Hall–Kier alpha value is -2.72. The summed E-state index contributed by atoms with van der Waals surface area (Å²) in [4.78, 5) is 8.87. The highest BCUT2D eigenvalue weighted by atomic mass is 19.4. The van der Waals surface area contributed by atoms with Crippen LogP contribution >= 0.6 is 0 Å². The van der Waals surface area contributed by atoms with E-state index in [1.165, 1.54) is 38.1 Å². The maximum atomic E-state index is 12.7. The smallest absolute Gasteiger partial charge is 0.379 e. The number of anilines is 1. The van der Waals surface area contributed by atoms with Crippen LogP contribution in [0.2, 0.25) is 0 Å². The third-order valence-electron chi connectivity index (χ3n) is 6.06. The van der Waals surface area contributed by atoms with Crippen molar-refractivity contribution < 1.29 is 22.9 Å². The van der Waals surface area contributed by atoms with Gasteiger partial charge < -0.3 is 14.9 Å². The highest BCUT2D eigenvalue weighted by Gasteiger charge is 2.39. The van der Waals surface area contributed by atoms with Gasteiger partial charge in [0.05, 0.1) is 11.4 Å². The third-order valence-corrected chi connectivity index (χ3v) is 6.06. The molecule has 2 saturated heterocycles.